The normalized spacial score (nSPS) is 13.1. The van der Waals surface area contributed by atoms with E-state index < -0.39 is 28.5 Å². The van der Waals surface area contributed by atoms with E-state index in [2.05, 4.69) is 5.32 Å². The summed E-state index contributed by atoms with van der Waals surface area (Å²) >= 11 is 6.57. The number of hydrogen-bond donors (Lipinski definition) is 1. The van der Waals surface area contributed by atoms with Crippen LogP contribution in [0.5, 0.6) is 11.5 Å². The molecule has 1 N–H and O–H groups in total. The molecule has 4 aromatic rings. The number of amides is 2. The van der Waals surface area contributed by atoms with Crippen molar-refractivity contribution < 1.29 is 27.5 Å². The first kappa shape index (κ1) is 33.8. The fourth-order valence-electron chi connectivity index (χ4n) is 5.22. The Morgan fingerprint density at radius 2 is 1.49 bits per heavy atom. The molecule has 9 nitrogen and oxygen atoms in total. The van der Waals surface area contributed by atoms with Crippen LogP contribution in [0.4, 0.5) is 5.69 Å². The van der Waals surface area contributed by atoms with E-state index in [9.17, 15) is 18.0 Å². The van der Waals surface area contributed by atoms with Gasteiger partial charge in [0.2, 0.25) is 11.8 Å². The quantitative estimate of drug-likeness (QED) is 0.194. The van der Waals surface area contributed by atoms with Crippen molar-refractivity contribution in [1.82, 2.24) is 10.2 Å². The summed E-state index contributed by atoms with van der Waals surface area (Å²) in [5, 5.41) is 3.41. The molecule has 0 fully saturated rings. The first-order chi connectivity index (χ1) is 22.6. The Balaban J connectivity index is 1.58. The predicted octanol–water partition coefficient (Wildman–Crippen LogP) is 5.72. The van der Waals surface area contributed by atoms with Crippen molar-refractivity contribution in [2.75, 3.05) is 30.6 Å². The second kappa shape index (κ2) is 15.4. The van der Waals surface area contributed by atoms with Crippen LogP contribution in [0.15, 0.2) is 108 Å². The van der Waals surface area contributed by atoms with Gasteiger partial charge in [0.15, 0.2) is 11.5 Å². The number of sulfonamides is 1. The van der Waals surface area contributed by atoms with Gasteiger partial charge < -0.3 is 19.7 Å². The highest BCUT2D eigenvalue weighted by Crippen LogP contribution is 2.36. The van der Waals surface area contributed by atoms with Crippen LogP contribution in [0.2, 0.25) is 5.02 Å². The third-order valence-electron chi connectivity index (χ3n) is 7.68. The Morgan fingerprint density at radius 3 is 2.17 bits per heavy atom. The SMILES string of the molecule is CC(C)CNC(=O)[C@@H](Cc1ccccc1)N(Cc1ccccc1Cl)C(=O)CN(c1ccc2c(c1)OCCO2)S(=O)(=O)c1ccccc1. The summed E-state index contributed by atoms with van der Waals surface area (Å²) < 4.78 is 40.9. The molecule has 0 saturated heterocycles. The average Bonchev–Trinajstić information content (AvgIpc) is 3.08. The molecule has 1 aliphatic heterocycles. The first-order valence-corrected chi connectivity index (χ1v) is 17.3. The minimum Gasteiger partial charge on any atom is -0.486 e. The highest BCUT2D eigenvalue weighted by molar-refractivity contribution is 7.92. The summed E-state index contributed by atoms with van der Waals surface area (Å²) in [5.41, 5.74) is 1.68. The molecule has 4 aromatic carbocycles. The number of nitrogens with zero attached hydrogens (tertiary/aromatic N) is 2. The largest absolute Gasteiger partial charge is 0.486 e. The van der Waals surface area contributed by atoms with E-state index in [0.717, 1.165) is 9.87 Å². The van der Waals surface area contributed by atoms with Gasteiger partial charge in [0.25, 0.3) is 10.0 Å². The number of ether oxygens (including phenoxy) is 2. The molecule has 47 heavy (non-hydrogen) atoms. The minimum atomic E-state index is -4.25. The Bertz CT molecular complexity index is 1790. The molecule has 0 unspecified atom stereocenters. The van der Waals surface area contributed by atoms with Gasteiger partial charge >= 0.3 is 0 Å². The average molecular weight is 676 g/mol. The Kier molecular flexibility index (Phi) is 11.1. The van der Waals surface area contributed by atoms with E-state index in [1.54, 1.807) is 60.7 Å². The van der Waals surface area contributed by atoms with E-state index in [1.807, 2.05) is 44.2 Å². The fourth-order valence-corrected chi connectivity index (χ4v) is 6.84. The predicted molar refractivity (Wildman–Crippen MR) is 182 cm³/mol. The number of nitrogens with one attached hydrogen (secondary N) is 1. The molecule has 2 amide bonds. The number of carbonyl (C=O) groups is 2. The maximum Gasteiger partial charge on any atom is 0.264 e. The fraction of sp³-hybridized carbons (Fsp3) is 0.278. The van der Waals surface area contributed by atoms with Crippen LogP contribution in [0.25, 0.3) is 0 Å². The van der Waals surface area contributed by atoms with Crippen LogP contribution in [0, 0.1) is 5.92 Å². The number of anilines is 1. The summed E-state index contributed by atoms with van der Waals surface area (Å²) in [6.45, 7) is 4.44. The molecule has 0 aliphatic carbocycles. The van der Waals surface area contributed by atoms with E-state index in [0.29, 0.717) is 41.8 Å². The lowest BCUT2D eigenvalue weighted by atomic mass is 10.0. The van der Waals surface area contributed by atoms with Gasteiger partial charge in [0.1, 0.15) is 25.8 Å². The van der Waals surface area contributed by atoms with E-state index in [4.69, 9.17) is 21.1 Å². The highest BCUT2D eigenvalue weighted by Gasteiger charge is 2.35. The number of carbonyl (C=O) groups excluding carboxylic acids is 2. The van der Waals surface area contributed by atoms with Crippen LogP contribution in [-0.2, 0) is 32.6 Å². The van der Waals surface area contributed by atoms with E-state index >= 15 is 0 Å². The summed E-state index contributed by atoms with van der Waals surface area (Å²) in [7, 11) is -4.25. The highest BCUT2D eigenvalue weighted by atomic mass is 35.5. The van der Waals surface area contributed by atoms with Crippen LogP contribution in [0.1, 0.15) is 25.0 Å². The number of hydrogen-bond acceptors (Lipinski definition) is 6. The molecule has 1 heterocycles. The molecule has 246 valence electrons. The molecule has 11 heteroatoms. The van der Waals surface area contributed by atoms with Crippen molar-refractivity contribution in [3.63, 3.8) is 0 Å². The molecule has 0 spiro atoms. The van der Waals surface area contributed by atoms with Gasteiger partial charge in [0.05, 0.1) is 10.6 Å². The molecule has 1 atom stereocenters. The van der Waals surface area contributed by atoms with Crippen LogP contribution in [-0.4, -0.2) is 57.5 Å². The summed E-state index contributed by atoms with van der Waals surface area (Å²) in [6.07, 6.45) is 0.205. The van der Waals surface area contributed by atoms with Gasteiger partial charge in [-0.05, 0) is 47.4 Å². The van der Waals surface area contributed by atoms with Gasteiger partial charge in [-0.3, -0.25) is 13.9 Å². The topological polar surface area (TPSA) is 105 Å². The summed E-state index contributed by atoms with van der Waals surface area (Å²) in [6, 6.07) is 28.2. The van der Waals surface area contributed by atoms with Gasteiger partial charge in [-0.1, -0.05) is 92.2 Å². The molecule has 0 saturated carbocycles. The second-order valence-corrected chi connectivity index (χ2v) is 13.9. The summed E-state index contributed by atoms with van der Waals surface area (Å²) in [5.74, 6) is 0.0938. The van der Waals surface area contributed by atoms with Crippen LogP contribution < -0.4 is 19.1 Å². The second-order valence-electron chi connectivity index (χ2n) is 11.6. The number of fused-ring (bicyclic) bond motifs is 1. The smallest absolute Gasteiger partial charge is 0.264 e. The van der Waals surface area contributed by atoms with Crippen molar-refractivity contribution in [1.29, 1.82) is 0 Å². The first-order valence-electron chi connectivity index (χ1n) is 15.5. The zero-order chi connectivity index (χ0) is 33.4. The lowest BCUT2D eigenvalue weighted by Gasteiger charge is -2.34. The molecule has 0 bridgehead atoms. The summed E-state index contributed by atoms with van der Waals surface area (Å²) in [4.78, 5) is 30.0. The van der Waals surface area contributed by atoms with Gasteiger partial charge in [0, 0.05) is 30.6 Å². The van der Waals surface area contributed by atoms with Gasteiger partial charge in [-0.15, -0.1) is 0 Å². The Morgan fingerprint density at radius 1 is 0.851 bits per heavy atom. The van der Waals surface area contributed by atoms with Crippen molar-refractivity contribution >= 4 is 39.1 Å². The molecule has 0 aromatic heterocycles. The van der Waals surface area contributed by atoms with Crippen LogP contribution in [0.3, 0.4) is 0 Å². The standard InChI is InChI=1S/C36H38ClN3O6S/c1-26(2)23-38-36(42)32(21-27-11-5-3-6-12-27)39(24-28-13-9-10-16-31(28)37)35(41)25-40(47(43,44)30-14-7-4-8-15-30)29-17-18-33-34(22-29)46-20-19-45-33/h3-18,22,26,32H,19-21,23-25H2,1-2H3,(H,38,42)/t32-/m1/s1. The number of halogens is 1. The molecule has 5 rings (SSSR count). The zero-order valence-electron chi connectivity index (χ0n) is 26.3. The number of benzene rings is 4. The van der Waals surface area contributed by atoms with E-state index in [1.165, 1.54) is 17.0 Å². The maximum atomic E-state index is 14.6. The molecular formula is C36H38ClN3O6S. The number of rotatable bonds is 13. The van der Waals surface area contributed by atoms with Crippen molar-refractivity contribution in [2.45, 2.75) is 37.8 Å². The molecule has 0 radical (unpaired) electrons. The Labute approximate surface area is 281 Å². The Hall–Kier alpha value is -4.54. The third kappa shape index (κ3) is 8.44. The monoisotopic (exact) mass is 675 g/mol. The van der Waals surface area contributed by atoms with Crippen molar-refractivity contribution in [3.8, 4) is 11.5 Å². The van der Waals surface area contributed by atoms with Gasteiger partial charge in [-0.2, -0.15) is 0 Å². The lowest BCUT2D eigenvalue weighted by molar-refractivity contribution is -0.140. The zero-order valence-corrected chi connectivity index (χ0v) is 27.9. The van der Waals surface area contributed by atoms with Crippen LogP contribution >= 0.6 is 11.6 Å². The third-order valence-corrected chi connectivity index (χ3v) is 9.83. The lowest BCUT2D eigenvalue weighted by Crippen LogP contribution is -2.53. The van der Waals surface area contributed by atoms with Crippen molar-refractivity contribution in [3.05, 3.63) is 119 Å². The van der Waals surface area contributed by atoms with E-state index in [-0.39, 0.29) is 35.4 Å². The van der Waals surface area contributed by atoms with Gasteiger partial charge in [-0.25, -0.2) is 8.42 Å². The molecular weight excluding hydrogens is 638 g/mol. The minimum absolute atomic E-state index is 0.0101. The maximum absolute atomic E-state index is 14.6. The van der Waals surface area contributed by atoms with Crippen molar-refractivity contribution in [2.24, 2.45) is 5.92 Å². The molecule has 1 aliphatic rings.